The first-order valence-corrected chi connectivity index (χ1v) is 5.59. The van der Waals surface area contributed by atoms with Crippen LogP contribution in [0.3, 0.4) is 0 Å². The Morgan fingerprint density at radius 1 is 1.47 bits per heavy atom. The van der Waals surface area contributed by atoms with E-state index in [2.05, 4.69) is 5.32 Å². The molecule has 1 aromatic rings. The summed E-state index contributed by atoms with van der Waals surface area (Å²) in [6.45, 7) is 3.03. The van der Waals surface area contributed by atoms with Crippen molar-refractivity contribution in [3.05, 3.63) is 23.8 Å². The molecule has 1 aromatic carbocycles. The number of ether oxygens (including phenoxy) is 2. The van der Waals surface area contributed by atoms with Crippen LogP contribution in [0.25, 0.3) is 0 Å². The summed E-state index contributed by atoms with van der Waals surface area (Å²) in [6, 6.07) is 5.54. The predicted molar refractivity (Wildman–Crippen MR) is 63.0 cm³/mol. The Labute approximate surface area is 99.9 Å². The molecule has 5 heteroatoms. The maximum Gasteiger partial charge on any atom is 0.231 e. The van der Waals surface area contributed by atoms with E-state index in [0.717, 1.165) is 11.3 Å². The minimum absolute atomic E-state index is 0.0330. The van der Waals surface area contributed by atoms with E-state index in [4.69, 9.17) is 15.2 Å². The zero-order valence-corrected chi connectivity index (χ0v) is 9.73. The zero-order chi connectivity index (χ0) is 12.3. The average Bonchev–Trinajstić information content (AvgIpc) is 2.81. The van der Waals surface area contributed by atoms with Gasteiger partial charge in [0.1, 0.15) is 0 Å². The van der Waals surface area contributed by atoms with Gasteiger partial charge in [0.2, 0.25) is 12.7 Å². The summed E-state index contributed by atoms with van der Waals surface area (Å²) in [7, 11) is 0. The van der Waals surface area contributed by atoms with Crippen LogP contribution in [0.2, 0.25) is 0 Å². The predicted octanol–water partition coefficient (Wildman–Crippen LogP) is 0.594. The van der Waals surface area contributed by atoms with Crippen LogP contribution in [0.5, 0.6) is 11.5 Å². The number of rotatable bonds is 4. The molecule has 1 atom stereocenters. The quantitative estimate of drug-likeness (QED) is 0.802. The first kappa shape index (κ1) is 11.7. The molecule has 5 nitrogen and oxygen atoms in total. The number of fused-ring (bicyclic) bond motifs is 1. The number of hydrogen-bond acceptors (Lipinski definition) is 4. The number of carbonyl (C=O) groups excluding carboxylic acids is 1. The lowest BCUT2D eigenvalue weighted by atomic mass is 10.00. The van der Waals surface area contributed by atoms with Crippen molar-refractivity contribution >= 4 is 5.91 Å². The molecule has 2 rings (SSSR count). The Bertz CT molecular complexity index is 420. The highest BCUT2D eigenvalue weighted by Gasteiger charge is 2.19. The number of benzene rings is 1. The third-order valence-electron chi connectivity index (χ3n) is 2.73. The van der Waals surface area contributed by atoms with Gasteiger partial charge in [0.15, 0.2) is 11.5 Å². The molecule has 0 fully saturated rings. The minimum Gasteiger partial charge on any atom is -0.454 e. The monoisotopic (exact) mass is 236 g/mol. The summed E-state index contributed by atoms with van der Waals surface area (Å²) >= 11 is 0. The van der Waals surface area contributed by atoms with E-state index in [0.29, 0.717) is 18.8 Å². The maximum absolute atomic E-state index is 11.8. The van der Waals surface area contributed by atoms with Crippen LogP contribution in [0.4, 0.5) is 0 Å². The molecule has 0 spiro atoms. The Morgan fingerprint density at radius 3 is 3.00 bits per heavy atom. The highest BCUT2D eigenvalue weighted by Crippen LogP contribution is 2.34. The molecule has 0 aliphatic carbocycles. The molecular formula is C12H16N2O3. The van der Waals surface area contributed by atoms with Crippen molar-refractivity contribution in [3.63, 3.8) is 0 Å². The Morgan fingerprint density at radius 2 is 2.24 bits per heavy atom. The standard InChI is InChI=1S/C12H16N2O3/c1-8(12(15)14-5-4-13)9-2-3-10-11(6-9)17-7-16-10/h2-3,6,8H,4-5,7,13H2,1H3,(H,14,15). The highest BCUT2D eigenvalue weighted by atomic mass is 16.7. The van der Waals surface area contributed by atoms with Crippen molar-refractivity contribution in [2.24, 2.45) is 5.73 Å². The molecule has 92 valence electrons. The van der Waals surface area contributed by atoms with Crippen LogP contribution in [0.1, 0.15) is 18.4 Å². The van der Waals surface area contributed by atoms with Crippen molar-refractivity contribution in [3.8, 4) is 11.5 Å². The van der Waals surface area contributed by atoms with E-state index in [9.17, 15) is 4.79 Å². The smallest absolute Gasteiger partial charge is 0.231 e. The van der Waals surface area contributed by atoms with Crippen molar-refractivity contribution in [2.75, 3.05) is 19.9 Å². The molecule has 0 radical (unpaired) electrons. The Balaban J connectivity index is 2.09. The number of carbonyl (C=O) groups is 1. The highest BCUT2D eigenvalue weighted by molar-refractivity contribution is 5.83. The summed E-state index contributed by atoms with van der Waals surface area (Å²) in [5.41, 5.74) is 6.24. The van der Waals surface area contributed by atoms with Crippen LogP contribution in [0, 0.1) is 0 Å². The van der Waals surface area contributed by atoms with Gasteiger partial charge in [-0.2, -0.15) is 0 Å². The topological polar surface area (TPSA) is 73.6 Å². The maximum atomic E-state index is 11.8. The molecule has 1 unspecified atom stereocenters. The van der Waals surface area contributed by atoms with Crippen molar-refractivity contribution in [2.45, 2.75) is 12.8 Å². The second-order valence-corrected chi connectivity index (χ2v) is 3.91. The fourth-order valence-corrected chi connectivity index (χ4v) is 1.68. The Kier molecular flexibility index (Phi) is 3.49. The Hall–Kier alpha value is -1.75. The van der Waals surface area contributed by atoms with E-state index in [-0.39, 0.29) is 18.6 Å². The van der Waals surface area contributed by atoms with Crippen LogP contribution in [-0.4, -0.2) is 25.8 Å². The lowest BCUT2D eigenvalue weighted by molar-refractivity contribution is -0.122. The van der Waals surface area contributed by atoms with Crippen LogP contribution < -0.4 is 20.5 Å². The van der Waals surface area contributed by atoms with Gasteiger partial charge >= 0.3 is 0 Å². The number of nitrogens with two attached hydrogens (primary N) is 1. The van der Waals surface area contributed by atoms with Crippen LogP contribution >= 0.6 is 0 Å². The SMILES string of the molecule is CC(C(=O)NCCN)c1ccc2c(c1)OCO2. The largest absolute Gasteiger partial charge is 0.454 e. The summed E-state index contributed by atoms with van der Waals surface area (Å²) in [4.78, 5) is 11.8. The van der Waals surface area contributed by atoms with Crippen molar-refractivity contribution in [1.82, 2.24) is 5.32 Å². The second kappa shape index (κ2) is 5.05. The van der Waals surface area contributed by atoms with Gasteiger partial charge < -0.3 is 20.5 Å². The van der Waals surface area contributed by atoms with Crippen LogP contribution in [0.15, 0.2) is 18.2 Å². The average molecular weight is 236 g/mol. The molecule has 1 aliphatic rings. The summed E-state index contributed by atoms with van der Waals surface area (Å²) in [5, 5.41) is 2.76. The fourth-order valence-electron chi connectivity index (χ4n) is 1.68. The number of hydrogen-bond donors (Lipinski definition) is 2. The van der Waals surface area contributed by atoms with Crippen LogP contribution in [-0.2, 0) is 4.79 Å². The molecule has 1 heterocycles. The zero-order valence-electron chi connectivity index (χ0n) is 9.73. The lowest BCUT2D eigenvalue weighted by Crippen LogP contribution is -2.32. The molecule has 3 N–H and O–H groups in total. The number of amides is 1. The van der Waals surface area contributed by atoms with Gasteiger partial charge in [0.25, 0.3) is 0 Å². The second-order valence-electron chi connectivity index (χ2n) is 3.91. The lowest BCUT2D eigenvalue weighted by Gasteiger charge is -2.12. The van der Waals surface area contributed by atoms with Gasteiger partial charge in [0, 0.05) is 13.1 Å². The van der Waals surface area contributed by atoms with Gasteiger partial charge in [-0.15, -0.1) is 0 Å². The van der Waals surface area contributed by atoms with Crippen molar-refractivity contribution in [1.29, 1.82) is 0 Å². The van der Waals surface area contributed by atoms with Gasteiger partial charge in [-0.3, -0.25) is 4.79 Å². The van der Waals surface area contributed by atoms with E-state index < -0.39 is 0 Å². The van der Waals surface area contributed by atoms with Gasteiger partial charge in [0.05, 0.1) is 5.92 Å². The van der Waals surface area contributed by atoms with Gasteiger partial charge in [-0.05, 0) is 24.6 Å². The first-order chi connectivity index (χ1) is 8.22. The third kappa shape index (κ3) is 2.50. The summed E-state index contributed by atoms with van der Waals surface area (Å²) in [5.74, 6) is 1.16. The molecule has 17 heavy (non-hydrogen) atoms. The summed E-state index contributed by atoms with van der Waals surface area (Å²) < 4.78 is 10.5. The molecule has 0 aromatic heterocycles. The molecule has 1 amide bonds. The molecule has 1 aliphatic heterocycles. The third-order valence-corrected chi connectivity index (χ3v) is 2.73. The molecule has 0 saturated heterocycles. The normalized spacial score (nSPS) is 14.5. The minimum atomic E-state index is -0.226. The first-order valence-electron chi connectivity index (χ1n) is 5.59. The fraction of sp³-hybridized carbons (Fsp3) is 0.417. The molecule has 0 saturated carbocycles. The van der Waals surface area contributed by atoms with E-state index >= 15 is 0 Å². The van der Waals surface area contributed by atoms with E-state index in [1.165, 1.54) is 0 Å². The molecule has 0 bridgehead atoms. The van der Waals surface area contributed by atoms with E-state index in [1.54, 1.807) is 0 Å². The van der Waals surface area contributed by atoms with E-state index in [1.807, 2.05) is 25.1 Å². The van der Waals surface area contributed by atoms with Gasteiger partial charge in [-0.1, -0.05) is 6.07 Å². The molecular weight excluding hydrogens is 220 g/mol. The summed E-state index contributed by atoms with van der Waals surface area (Å²) in [6.07, 6.45) is 0. The van der Waals surface area contributed by atoms with Crippen molar-refractivity contribution < 1.29 is 14.3 Å². The number of nitrogens with one attached hydrogen (secondary N) is 1. The van der Waals surface area contributed by atoms with Gasteiger partial charge in [-0.25, -0.2) is 0 Å².